The maximum Gasteiger partial charge on any atom is 0.416 e. The number of aryl methyl sites for hydroxylation is 1. The lowest BCUT2D eigenvalue weighted by atomic mass is 10.1. The van der Waals surface area contributed by atoms with Crippen molar-refractivity contribution in [1.29, 1.82) is 0 Å². The highest BCUT2D eigenvalue weighted by Gasteiger charge is 2.30. The molecule has 10 heteroatoms. The number of thioether (sulfide) groups is 1. The Morgan fingerprint density at radius 2 is 1.86 bits per heavy atom. The van der Waals surface area contributed by atoms with Gasteiger partial charge in [-0.3, -0.25) is 4.79 Å². The van der Waals surface area contributed by atoms with E-state index < -0.39 is 22.9 Å². The van der Waals surface area contributed by atoms with Crippen LogP contribution in [0.15, 0.2) is 53.7 Å². The van der Waals surface area contributed by atoms with Gasteiger partial charge in [0.15, 0.2) is 5.82 Å². The average molecular weight is 421 g/mol. The predicted octanol–water partition coefficient (Wildman–Crippen LogP) is 4.11. The Kier molecular flexibility index (Phi) is 5.83. The Morgan fingerprint density at radius 3 is 2.52 bits per heavy atom. The van der Waals surface area contributed by atoms with E-state index in [0.717, 1.165) is 35.0 Å². The van der Waals surface area contributed by atoms with Crippen LogP contribution in [-0.2, 0) is 11.0 Å². The van der Waals surface area contributed by atoms with E-state index in [2.05, 4.69) is 15.5 Å². The zero-order chi connectivity index (χ0) is 21.2. The molecule has 0 saturated heterocycles. The van der Waals surface area contributed by atoms with E-state index in [1.54, 1.807) is 6.92 Å². The molecule has 1 heterocycles. The van der Waals surface area contributed by atoms with Gasteiger partial charge in [0.1, 0.15) is 0 Å². The fourth-order valence-corrected chi connectivity index (χ4v) is 3.26. The Labute approximate surface area is 169 Å². The van der Waals surface area contributed by atoms with Gasteiger partial charge < -0.3 is 11.2 Å². The number of nitrogen functional groups attached to an aromatic ring is 1. The number of nitrogens with one attached hydrogen (secondary N) is 1. The predicted molar refractivity (Wildman–Crippen MR) is 106 cm³/mol. The summed E-state index contributed by atoms with van der Waals surface area (Å²) in [5.41, 5.74) is 1.09. The number of nitrogens with zero attached hydrogens (tertiary/aromatic N) is 3. The molecule has 1 amide bonds. The molecule has 0 radical (unpaired) electrons. The van der Waals surface area contributed by atoms with Crippen LogP contribution in [0.25, 0.3) is 11.4 Å². The van der Waals surface area contributed by atoms with Gasteiger partial charge in [-0.25, -0.2) is 4.68 Å². The van der Waals surface area contributed by atoms with Crippen LogP contribution < -0.4 is 11.2 Å². The second-order valence-electron chi connectivity index (χ2n) is 6.37. The molecule has 3 aromatic rings. The van der Waals surface area contributed by atoms with Crippen molar-refractivity contribution >= 4 is 23.4 Å². The van der Waals surface area contributed by atoms with Gasteiger partial charge in [-0.1, -0.05) is 47.7 Å². The number of halogens is 3. The van der Waals surface area contributed by atoms with E-state index >= 15 is 0 Å². The van der Waals surface area contributed by atoms with E-state index in [1.807, 2.05) is 31.2 Å². The van der Waals surface area contributed by atoms with Crippen LogP contribution in [0.5, 0.6) is 0 Å². The third-order valence-corrected chi connectivity index (χ3v) is 5.14. The SMILES string of the molecule is Cc1ccc(-c2nnc(SC(C)C(=O)Nc3cccc(C(F)(F)F)c3)n2N)cc1. The monoisotopic (exact) mass is 421 g/mol. The molecule has 152 valence electrons. The second-order valence-corrected chi connectivity index (χ2v) is 7.68. The van der Waals surface area contributed by atoms with E-state index in [9.17, 15) is 18.0 Å². The van der Waals surface area contributed by atoms with Gasteiger partial charge in [0.05, 0.1) is 10.8 Å². The van der Waals surface area contributed by atoms with Crippen LogP contribution in [-0.4, -0.2) is 26.0 Å². The Balaban J connectivity index is 1.70. The number of anilines is 1. The van der Waals surface area contributed by atoms with Gasteiger partial charge >= 0.3 is 6.18 Å². The van der Waals surface area contributed by atoms with E-state index in [-0.39, 0.29) is 5.69 Å². The van der Waals surface area contributed by atoms with Crippen molar-refractivity contribution in [1.82, 2.24) is 14.9 Å². The molecule has 3 N–H and O–H groups in total. The fraction of sp³-hybridized carbons (Fsp3) is 0.211. The Morgan fingerprint density at radius 1 is 1.17 bits per heavy atom. The molecule has 3 rings (SSSR count). The molecule has 0 aliphatic rings. The van der Waals surface area contributed by atoms with Crippen LogP contribution in [0, 0.1) is 6.92 Å². The lowest BCUT2D eigenvalue weighted by molar-refractivity contribution is -0.137. The van der Waals surface area contributed by atoms with E-state index in [1.165, 1.54) is 16.8 Å². The molecule has 0 aliphatic heterocycles. The lowest BCUT2D eigenvalue weighted by Crippen LogP contribution is -2.24. The summed E-state index contributed by atoms with van der Waals surface area (Å²) in [5, 5.41) is 10.2. The first-order valence-corrected chi connectivity index (χ1v) is 9.45. The minimum absolute atomic E-state index is 0.0619. The van der Waals surface area contributed by atoms with Gasteiger partial charge in [-0.05, 0) is 32.0 Å². The summed E-state index contributed by atoms with van der Waals surface area (Å²) in [7, 11) is 0. The standard InChI is InChI=1S/C19H18F3N5OS/c1-11-6-8-13(9-7-11)16-25-26-18(27(16)23)29-12(2)17(28)24-15-5-3-4-14(10-15)19(20,21)22/h3-10,12H,23H2,1-2H3,(H,24,28). The molecular weight excluding hydrogens is 403 g/mol. The largest absolute Gasteiger partial charge is 0.416 e. The van der Waals surface area contributed by atoms with Gasteiger partial charge in [0, 0.05) is 11.3 Å². The molecule has 29 heavy (non-hydrogen) atoms. The Hall–Kier alpha value is -3.01. The zero-order valence-corrected chi connectivity index (χ0v) is 16.4. The van der Waals surface area contributed by atoms with Crippen molar-refractivity contribution in [3.05, 3.63) is 59.7 Å². The van der Waals surface area contributed by atoms with Crippen LogP contribution in [0.4, 0.5) is 18.9 Å². The summed E-state index contributed by atoms with van der Waals surface area (Å²) >= 11 is 1.06. The summed E-state index contributed by atoms with van der Waals surface area (Å²) in [6, 6.07) is 12.0. The number of benzene rings is 2. The summed E-state index contributed by atoms with van der Waals surface area (Å²) in [6.07, 6.45) is -4.48. The van der Waals surface area contributed by atoms with Gasteiger partial charge in [0.2, 0.25) is 11.1 Å². The molecule has 0 fully saturated rings. The second kappa shape index (κ2) is 8.16. The van der Waals surface area contributed by atoms with Crippen LogP contribution in [0.3, 0.4) is 0 Å². The van der Waals surface area contributed by atoms with Crippen molar-refractivity contribution in [2.75, 3.05) is 11.2 Å². The average Bonchev–Trinajstić information content (AvgIpc) is 3.02. The molecule has 0 aliphatic carbocycles. The number of amides is 1. The number of carbonyl (C=O) groups is 1. The number of nitrogens with two attached hydrogens (primary N) is 1. The highest BCUT2D eigenvalue weighted by atomic mass is 32.2. The Bertz CT molecular complexity index is 1020. The van der Waals surface area contributed by atoms with Crippen molar-refractivity contribution in [2.24, 2.45) is 0 Å². The molecule has 6 nitrogen and oxygen atoms in total. The van der Waals surface area contributed by atoms with Crippen molar-refractivity contribution < 1.29 is 18.0 Å². The number of alkyl halides is 3. The lowest BCUT2D eigenvalue weighted by Gasteiger charge is -2.13. The molecule has 0 saturated carbocycles. The molecule has 1 unspecified atom stereocenters. The van der Waals surface area contributed by atoms with Gasteiger partial charge in [0.25, 0.3) is 0 Å². The van der Waals surface area contributed by atoms with Crippen molar-refractivity contribution in [3.63, 3.8) is 0 Å². The summed E-state index contributed by atoms with van der Waals surface area (Å²) in [6.45, 7) is 3.57. The highest BCUT2D eigenvalue weighted by molar-refractivity contribution is 8.00. The number of hydrogen-bond acceptors (Lipinski definition) is 5. The summed E-state index contributed by atoms with van der Waals surface area (Å²) < 4.78 is 39.7. The van der Waals surface area contributed by atoms with E-state index in [0.29, 0.717) is 11.0 Å². The van der Waals surface area contributed by atoms with Crippen LogP contribution >= 0.6 is 11.8 Å². The number of aromatic nitrogens is 3. The van der Waals surface area contributed by atoms with Crippen LogP contribution in [0.2, 0.25) is 0 Å². The smallest absolute Gasteiger partial charge is 0.335 e. The molecule has 0 bridgehead atoms. The maximum absolute atomic E-state index is 12.8. The maximum atomic E-state index is 12.8. The number of hydrogen-bond donors (Lipinski definition) is 2. The first-order valence-electron chi connectivity index (χ1n) is 8.57. The molecule has 2 aromatic carbocycles. The topological polar surface area (TPSA) is 85.8 Å². The molecule has 1 atom stereocenters. The van der Waals surface area contributed by atoms with Crippen molar-refractivity contribution in [3.8, 4) is 11.4 Å². The summed E-state index contributed by atoms with van der Waals surface area (Å²) in [4.78, 5) is 12.4. The van der Waals surface area contributed by atoms with Gasteiger partial charge in [-0.15, -0.1) is 10.2 Å². The highest BCUT2D eigenvalue weighted by Crippen LogP contribution is 2.31. The zero-order valence-electron chi connectivity index (χ0n) is 15.6. The van der Waals surface area contributed by atoms with Gasteiger partial charge in [-0.2, -0.15) is 13.2 Å². The molecule has 0 spiro atoms. The van der Waals surface area contributed by atoms with Crippen molar-refractivity contribution in [2.45, 2.75) is 30.4 Å². The third kappa shape index (κ3) is 4.89. The fourth-order valence-electron chi connectivity index (χ4n) is 2.49. The first-order chi connectivity index (χ1) is 13.6. The molecular formula is C19H18F3N5OS. The third-order valence-electron chi connectivity index (χ3n) is 4.08. The quantitative estimate of drug-likeness (QED) is 0.478. The van der Waals surface area contributed by atoms with Crippen LogP contribution in [0.1, 0.15) is 18.1 Å². The number of rotatable bonds is 5. The normalized spacial score (nSPS) is 12.6. The molecule has 1 aromatic heterocycles. The minimum atomic E-state index is -4.48. The first kappa shape index (κ1) is 20.7. The summed E-state index contributed by atoms with van der Waals surface area (Å²) in [5.74, 6) is 6.02. The minimum Gasteiger partial charge on any atom is -0.335 e. The van der Waals surface area contributed by atoms with E-state index in [4.69, 9.17) is 5.84 Å². The number of carbonyl (C=O) groups excluding carboxylic acids is 1.